The first-order valence-corrected chi connectivity index (χ1v) is 6.10. The number of aryl methyl sites for hydroxylation is 1. The van der Waals surface area contributed by atoms with E-state index >= 15 is 0 Å². The third-order valence-corrected chi connectivity index (χ3v) is 3.18. The zero-order chi connectivity index (χ0) is 12.1. The normalized spacial score (nSPS) is 21.5. The zero-order valence-corrected chi connectivity index (χ0v) is 10.1. The standard InChI is InChI=1S/C14H18N2O/c1-11-4-6-13(7-5-11)16-14(9-15)12-3-2-8-17-10-12/h4-7,12,14,16H,2-3,8,10H2,1H3. The van der Waals surface area contributed by atoms with Crippen LogP contribution in [0.4, 0.5) is 5.69 Å². The first-order chi connectivity index (χ1) is 8.29. The van der Waals surface area contributed by atoms with Gasteiger partial charge in [0.15, 0.2) is 0 Å². The second-order valence-corrected chi connectivity index (χ2v) is 4.59. The van der Waals surface area contributed by atoms with Crippen LogP contribution in [0, 0.1) is 24.2 Å². The van der Waals surface area contributed by atoms with Crippen LogP contribution in [-0.4, -0.2) is 19.3 Å². The highest BCUT2D eigenvalue weighted by atomic mass is 16.5. The minimum absolute atomic E-state index is 0.155. The fourth-order valence-corrected chi connectivity index (χ4v) is 2.11. The van der Waals surface area contributed by atoms with E-state index in [0.717, 1.165) is 25.1 Å². The lowest BCUT2D eigenvalue weighted by Crippen LogP contribution is -2.33. The number of benzene rings is 1. The van der Waals surface area contributed by atoms with Gasteiger partial charge in [-0.3, -0.25) is 0 Å². The molecule has 0 aliphatic carbocycles. The minimum atomic E-state index is -0.155. The Labute approximate surface area is 102 Å². The van der Waals surface area contributed by atoms with Crippen molar-refractivity contribution >= 4 is 5.69 Å². The second kappa shape index (κ2) is 5.70. The van der Waals surface area contributed by atoms with E-state index in [2.05, 4.69) is 18.3 Å². The smallest absolute Gasteiger partial charge is 0.119 e. The summed E-state index contributed by atoms with van der Waals surface area (Å²) in [6.07, 6.45) is 2.12. The van der Waals surface area contributed by atoms with Gasteiger partial charge >= 0.3 is 0 Å². The van der Waals surface area contributed by atoms with Crippen molar-refractivity contribution in [3.8, 4) is 6.07 Å². The lowest BCUT2D eigenvalue weighted by atomic mass is 9.94. The summed E-state index contributed by atoms with van der Waals surface area (Å²) >= 11 is 0. The number of hydrogen-bond donors (Lipinski definition) is 1. The van der Waals surface area contributed by atoms with E-state index in [1.165, 1.54) is 5.56 Å². The van der Waals surface area contributed by atoms with Crippen LogP contribution in [0.15, 0.2) is 24.3 Å². The zero-order valence-electron chi connectivity index (χ0n) is 10.1. The maximum absolute atomic E-state index is 9.23. The molecule has 0 radical (unpaired) electrons. The number of hydrogen-bond acceptors (Lipinski definition) is 3. The summed E-state index contributed by atoms with van der Waals surface area (Å²) in [5, 5.41) is 12.5. The Kier molecular flexibility index (Phi) is 4.00. The van der Waals surface area contributed by atoms with Crippen molar-refractivity contribution in [2.24, 2.45) is 5.92 Å². The number of nitrogens with zero attached hydrogens (tertiary/aromatic N) is 1. The SMILES string of the molecule is Cc1ccc(NC(C#N)C2CCCOC2)cc1. The average molecular weight is 230 g/mol. The number of nitriles is 1. The molecule has 1 heterocycles. The molecule has 1 aliphatic heterocycles. The van der Waals surface area contributed by atoms with Crippen molar-refractivity contribution < 1.29 is 4.74 Å². The molecule has 2 unspecified atom stereocenters. The van der Waals surface area contributed by atoms with E-state index in [1.807, 2.05) is 24.3 Å². The Balaban J connectivity index is 1.99. The van der Waals surface area contributed by atoms with Gasteiger partial charge in [-0.15, -0.1) is 0 Å². The molecule has 3 heteroatoms. The first-order valence-electron chi connectivity index (χ1n) is 6.10. The highest BCUT2D eigenvalue weighted by Crippen LogP contribution is 2.20. The highest BCUT2D eigenvalue weighted by Gasteiger charge is 2.23. The maximum Gasteiger partial charge on any atom is 0.119 e. The molecule has 17 heavy (non-hydrogen) atoms. The molecule has 1 N–H and O–H groups in total. The quantitative estimate of drug-likeness (QED) is 0.868. The van der Waals surface area contributed by atoms with Gasteiger partial charge in [0.2, 0.25) is 0 Å². The van der Waals surface area contributed by atoms with Crippen LogP contribution in [0.25, 0.3) is 0 Å². The predicted octanol–water partition coefficient (Wildman–Crippen LogP) is 2.73. The molecular weight excluding hydrogens is 212 g/mol. The van der Waals surface area contributed by atoms with Crippen molar-refractivity contribution in [2.75, 3.05) is 18.5 Å². The summed E-state index contributed by atoms with van der Waals surface area (Å²) in [5.41, 5.74) is 2.23. The molecule has 3 nitrogen and oxygen atoms in total. The van der Waals surface area contributed by atoms with Crippen molar-refractivity contribution in [3.63, 3.8) is 0 Å². The Bertz CT molecular complexity index is 388. The minimum Gasteiger partial charge on any atom is -0.381 e. The second-order valence-electron chi connectivity index (χ2n) is 4.59. The largest absolute Gasteiger partial charge is 0.381 e. The maximum atomic E-state index is 9.23. The van der Waals surface area contributed by atoms with E-state index < -0.39 is 0 Å². The van der Waals surface area contributed by atoms with Crippen LogP contribution in [-0.2, 0) is 4.74 Å². The van der Waals surface area contributed by atoms with E-state index in [9.17, 15) is 5.26 Å². The third kappa shape index (κ3) is 3.21. The molecule has 1 aliphatic rings. The van der Waals surface area contributed by atoms with E-state index in [0.29, 0.717) is 12.5 Å². The molecule has 0 spiro atoms. The van der Waals surface area contributed by atoms with Crippen LogP contribution in [0.5, 0.6) is 0 Å². The van der Waals surface area contributed by atoms with Gasteiger partial charge in [-0.1, -0.05) is 17.7 Å². The summed E-state index contributed by atoms with van der Waals surface area (Å²) in [6, 6.07) is 10.3. The van der Waals surface area contributed by atoms with Gasteiger partial charge in [0, 0.05) is 18.2 Å². The van der Waals surface area contributed by atoms with Crippen LogP contribution >= 0.6 is 0 Å². The van der Waals surface area contributed by atoms with Gasteiger partial charge in [0.1, 0.15) is 6.04 Å². The predicted molar refractivity (Wildman–Crippen MR) is 67.7 cm³/mol. The van der Waals surface area contributed by atoms with Gasteiger partial charge < -0.3 is 10.1 Å². The first kappa shape index (κ1) is 11.9. The van der Waals surface area contributed by atoms with Gasteiger partial charge in [-0.25, -0.2) is 0 Å². The Hall–Kier alpha value is -1.53. The molecule has 1 aromatic carbocycles. The number of anilines is 1. The monoisotopic (exact) mass is 230 g/mol. The molecule has 1 fully saturated rings. The molecule has 1 aromatic rings. The molecule has 2 rings (SSSR count). The van der Waals surface area contributed by atoms with Crippen LogP contribution < -0.4 is 5.32 Å². The lowest BCUT2D eigenvalue weighted by molar-refractivity contribution is 0.0532. The van der Waals surface area contributed by atoms with Crippen molar-refractivity contribution in [2.45, 2.75) is 25.8 Å². The average Bonchev–Trinajstić information content (AvgIpc) is 2.39. The summed E-state index contributed by atoms with van der Waals surface area (Å²) in [5.74, 6) is 0.301. The van der Waals surface area contributed by atoms with Crippen molar-refractivity contribution in [3.05, 3.63) is 29.8 Å². The fraction of sp³-hybridized carbons (Fsp3) is 0.500. The molecule has 2 atom stereocenters. The molecule has 0 bridgehead atoms. The van der Waals surface area contributed by atoms with Crippen LogP contribution in [0.2, 0.25) is 0 Å². The summed E-state index contributed by atoms with van der Waals surface area (Å²) < 4.78 is 5.43. The Morgan fingerprint density at radius 2 is 2.18 bits per heavy atom. The summed E-state index contributed by atoms with van der Waals surface area (Å²) in [7, 11) is 0. The Morgan fingerprint density at radius 3 is 2.76 bits per heavy atom. The van der Waals surface area contributed by atoms with Crippen LogP contribution in [0.3, 0.4) is 0 Å². The van der Waals surface area contributed by atoms with Gasteiger partial charge in [0.05, 0.1) is 12.7 Å². The van der Waals surface area contributed by atoms with Crippen LogP contribution in [0.1, 0.15) is 18.4 Å². The van der Waals surface area contributed by atoms with E-state index in [-0.39, 0.29) is 6.04 Å². The lowest BCUT2D eigenvalue weighted by Gasteiger charge is -2.27. The molecule has 1 saturated heterocycles. The van der Waals surface area contributed by atoms with Crippen molar-refractivity contribution in [1.82, 2.24) is 0 Å². The summed E-state index contributed by atoms with van der Waals surface area (Å²) in [4.78, 5) is 0. The summed E-state index contributed by atoms with van der Waals surface area (Å²) in [6.45, 7) is 3.58. The van der Waals surface area contributed by atoms with Gasteiger partial charge in [-0.2, -0.15) is 5.26 Å². The van der Waals surface area contributed by atoms with E-state index in [4.69, 9.17) is 4.74 Å². The fourth-order valence-electron chi connectivity index (χ4n) is 2.11. The Morgan fingerprint density at radius 1 is 1.41 bits per heavy atom. The molecule has 0 amide bonds. The number of rotatable bonds is 3. The molecular formula is C14H18N2O. The molecule has 0 aromatic heterocycles. The topological polar surface area (TPSA) is 45.0 Å². The third-order valence-electron chi connectivity index (χ3n) is 3.18. The van der Waals surface area contributed by atoms with Gasteiger partial charge in [0.25, 0.3) is 0 Å². The van der Waals surface area contributed by atoms with E-state index in [1.54, 1.807) is 0 Å². The van der Waals surface area contributed by atoms with Gasteiger partial charge in [-0.05, 0) is 31.9 Å². The molecule has 90 valence electrons. The highest BCUT2D eigenvalue weighted by molar-refractivity contribution is 5.46. The molecule has 0 saturated carbocycles. The number of nitrogens with one attached hydrogen (secondary N) is 1. The number of ether oxygens (including phenoxy) is 1. The van der Waals surface area contributed by atoms with Crippen molar-refractivity contribution in [1.29, 1.82) is 5.26 Å².